The van der Waals surface area contributed by atoms with Gasteiger partial charge in [0, 0.05) is 11.6 Å². The van der Waals surface area contributed by atoms with Gasteiger partial charge in [-0.2, -0.15) is 4.98 Å². The lowest BCUT2D eigenvalue weighted by Gasteiger charge is -2.01. The summed E-state index contributed by atoms with van der Waals surface area (Å²) < 4.78 is 9.67. The van der Waals surface area contributed by atoms with Crippen molar-refractivity contribution in [2.24, 2.45) is 0 Å². The molecule has 0 saturated carbocycles. The Morgan fingerprint density at radius 2 is 2.29 bits per heavy atom. The molecule has 0 radical (unpaired) electrons. The van der Waals surface area contributed by atoms with Gasteiger partial charge in [-0.1, -0.05) is 0 Å². The quantitative estimate of drug-likeness (QED) is 0.617. The first kappa shape index (κ1) is 11.3. The van der Waals surface area contributed by atoms with Gasteiger partial charge in [-0.15, -0.1) is 0 Å². The number of nitrogens with zero attached hydrogens (tertiary/aromatic N) is 3. The van der Waals surface area contributed by atoms with Gasteiger partial charge in [0.05, 0.1) is 12.0 Å². The molecule has 0 amide bonds. The third-order valence-corrected chi connectivity index (χ3v) is 2.18. The van der Waals surface area contributed by atoms with Crippen molar-refractivity contribution < 1.29 is 14.2 Å². The van der Waals surface area contributed by atoms with Crippen LogP contribution in [0.15, 0.2) is 22.7 Å². The van der Waals surface area contributed by atoms with Gasteiger partial charge in [0.25, 0.3) is 11.2 Å². The number of rotatable bonds is 3. The van der Waals surface area contributed by atoms with Crippen LogP contribution in [-0.2, 0) is 0 Å². The molecule has 0 atom stereocenters. The lowest BCUT2D eigenvalue weighted by molar-refractivity contribution is -0.385. The zero-order valence-corrected chi connectivity index (χ0v) is 9.34. The third-order valence-electron chi connectivity index (χ3n) is 2.02. The maximum absolute atomic E-state index is 10.8. The van der Waals surface area contributed by atoms with E-state index in [1.807, 2.05) is 0 Å². The van der Waals surface area contributed by atoms with Crippen LogP contribution < -0.4 is 4.74 Å². The van der Waals surface area contributed by atoms with Gasteiger partial charge < -0.3 is 9.26 Å². The number of halogens is 1. The number of hydrogen-bond donors (Lipinski definition) is 0. The smallest absolute Gasteiger partial charge is 0.311 e. The van der Waals surface area contributed by atoms with Crippen molar-refractivity contribution in [2.45, 2.75) is 0 Å². The maximum atomic E-state index is 10.8. The van der Waals surface area contributed by atoms with E-state index in [2.05, 4.69) is 10.1 Å². The van der Waals surface area contributed by atoms with E-state index in [4.69, 9.17) is 20.9 Å². The van der Waals surface area contributed by atoms with Crippen molar-refractivity contribution in [2.75, 3.05) is 7.11 Å². The van der Waals surface area contributed by atoms with E-state index in [0.717, 1.165) is 0 Å². The summed E-state index contributed by atoms with van der Waals surface area (Å²) in [5.41, 5.74) is 0.219. The van der Waals surface area contributed by atoms with Crippen LogP contribution in [0.4, 0.5) is 5.69 Å². The Morgan fingerprint density at radius 3 is 2.82 bits per heavy atom. The van der Waals surface area contributed by atoms with Crippen molar-refractivity contribution in [3.63, 3.8) is 0 Å². The second-order valence-electron chi connectivity index (χ2n) is 3.01. The fourth-order valence-corrected chi connectivity index (χ4v) is 1.40. The van der Waals surface area contributed by atoms with E-state index in [9.17, 15) is 10.1 Å². The number of benzene rings is 1. The van der Waals surface area contributed by atoms with Gasteiger partial charge in [-0.3, -0.25) is 10.1 Å². The second kappa shape index (κ2) is 4.38. The normalized spacial score (nSPS) is 10.2. The van der Waals surface area contributed by atoms with Crippen LogP contribution in [0.25, 0.3) is 11.5 Å². The largest absolute Gasteiger partial charge is 0.490 e. The topological polar surface area (TPSA) is 91.3 Å². The van der Waals surface area contributed by atoms with Gasteiger partial charge in [-0.25, -0.2) is 0 Å². The molecular formula is C9H6ClN3O4. The van der Waals surface area contributed by atoms with Crippen LogP contribution in [0.1, 0.15) is 0 Å². The molecular weight excluding hydrogens is 250 g/mol. The van der Waals surface area contributed by atoms with E-state index in [0.29, 0.717) is 5.56 Å². The summed E-state index contributed by atoms with van der Waals surface area (Å²) in [6.45, 7) is 0. The number of ether oxygens (including phenoxy) is 1. The zero-order valence-electron chi connectivity index (χ0n) is 8.58. The molecule has 0 aliphatic heterocycles. The molecule has 0 saturated heterocycles. The Kier molecular flexibility index (Phi) is 2.92. The zero-order chi connectivity index (χ0) is 12.4. The molecule has 2 rings (SSSR count). The molecule has 88 valence electrons. The van der Waals surface area contributed by atoms with Gasteiger partial charge in [0.15, 0.2) is 5.75 Å². The first-order valence-corrected chi connectivity index (χ1v) is 4.81. The minimum Gasteiger partial charge on any atom is -0.490 e. The predicted molar refractivity (Wildman–Crippen MR) is 58.0 cm³/mol. The van der Waals surface area contributed by atoms with Gasteiger partial charge >= 0.3 is 5.69 Å². The molecule has 0 spiro atoms. The first-order chi connectivity index (χ1) is 8.11. The van der Waals surface area contributed by atoms with Crippen molar-refractivity contribution >= 4 is 17.3 Å². The molecule has 0 N–H and O–H groups in total. The molecule has 0 aliphatic rings. The summed E-state index contributed by atoms with van der Waals surface area (Å²) in [5.74, 6) is 0.269. The highest BCUT2D eigenvalue weighted by Crippen LogP contribution is 2.31. The molecule has 0 unspecified atom stereocenters. The molecule has 17 heavy (non-hydrogen) atoms. The van der Waals surface area contributed by atoms with E-state index in [-0.39, 0.29) is 22.6 Å². The van der Waals surface area contributed by atoms with Gasteiger partial charge in [0.1, 0.15) is 0 Å². The predicted octanol–water partition coefficient (Wildman–Crippen LogP) is 2.31. The SMILES string of the molecule is COc1ccc(-c2nc(Cl)no2)cc1[N+](=O)[O-]. The first-order valence-electron chi connectivity index (χ1n) is 4.44. The monoisotopic (exact) mass is 255 g/mol. The molecule has 0 fully saturated rings. The fourth-order valence-electron chi connectivity index (χ4n) is 1.29. The Balaban J connectivity index is 2.50. The highest BCUT2D eigenvalue weighted by atomic mass is 35.5. The van der Waals surface area contributed by atoms with E-state index >= 15 is 0 Å². The number of nitro benzene ring substituents is 1. The maximum Gasteiger partial charge on any atom is 0.311 e. The summed E-state index contributed by atoms with van der Waals surface area (Å²) in [7, 11) is 1.35. The number of aromatic nitrogens is 2. The summed E-state index contributed by atoms with van der Waals surface area (Å²) in [6, 6.07) is 4.30. The van der Waals surface area contributed by atoms with Crippen LogP contribution in [0, 0.1) is 10.1 Å². The Labute approximate surface area is 100 Å². The molecule has 7 nitrogen and oxygen atoms in total. The van der Waals surface area contributed by atoms with Crippen molar-refractivity contribution in [1.29, 1.82) is 0 Å². The summed E-state index contributed by atoms with van der Waals surface area (Å²) in [5, 5.41) is 14.1. The number of hydrogen-bond acceptors (Lipinski definition) is 6. The standard InChI is InChI=1S/C9H6ClN3O4/c1-16-7-3-2-5(4-6(7)13(14)15)8-11-9(10)12-17-8/h2-4H,1H3. The van der Waals surface area contributed by atoms with E-state index in [1.165, 1.54) is 19.2 Å². The van der Waals surface area contributed by atoms with Crippen LogP contribution >= 0.6 is 11.6 Å². The van der Waals surface area contributed by atoms with Crippen LogP contribution in [0.5, 0.6) is 5.75 Å². The molecule has 0 aliphatic carbocycles. The molecule has 1 heterocycles. The van der Waals surface area contributed by atoms with Crippen LogP contribution in [0.2, 0.25) is 5.28 Å². The molecule has 8 heteroatoms. The van der Waals surface area contributed by atoms with Gasteiger partial charge in [-0.05, 0) is 28.9 Å². The van der Waals surface area contributed by atoms with Gasteiger partial charge in [0.2, 0.25) is 0 Å². The molecule has 1 aromatic heterocycles. The lowest BCUT2D eigenvalue weighted by Crippen LogP contribution is -1.94. The van der Waals surface area contributed by atoms with E-state index in [1.54, 1.807) is 6.07 Å². The summed E-state index contributed by atoms with van der Waals surface area (Å²) in [6.07, 6.45) is 0. The molecule has 0 bridgehead atoms. The Hall–Kier alpha value is -2.15. The Bertz CT molecular complexity index is 569. The summed E-state index contributed by atoms with van der Waals surface area (Å²) >= 11 is 5.50. The highest BCUT2D eigenvalue weighted by Gasteiger charge is 2.18. The molecule has 1 aromatic carbocycles. The number of nitro groups is 1. The third kappa shape index (κ3) is 2.18. The average Bonchev–Trinajstić information content (AvgIpc) is 2.75. The van der Waals surface area contributed by atoms with Crippen LogP contribution in [0.3, 0.4) is 0 Å². The van der Waals surface area contributed by atoms with Crippen LogP contribution in [-0.4, -0.2) is 22.2 Å². The minimum atomic E-state index is -0.555. The van der Waals surface area contributed by atoms with Crippen molar-refractivity contribution in [1.82, 2.24) is 10.1 Å². The van der Waals surface area contributed by atoms with Crippen molar-refractivity contribution in [3.8, 4) is 17.2 Å². The summed E-state index contributed by atoms with van der Waals surface area (Å²) in [4.78, 5) is 14.0. The average molecular weight is 256 g/mol. The Morgan fingerprint density at radius 1 is 1.53 bits per heavy atom. The lowest BCUT2D eigenvalue weighted by atomic mass is 10.2. The molecule has 2 aromatic rings. The van der Waals surface area contributed by atoms with Crippen molar-refractivity contribution in [3.05, 3.63) is 33.6 Å². The fraction of sp³-hybridized carbons (Fsp3) is 0.111. The number of methoxy groups -OCH3 is 1. The highest BCUT2D eigenvalue weighted by molar-refractivity contribution is 6.28. The van der Waals surface area contributed by atoms with E-state index < -0.39 is 4.92 Å². The minimum absolute atomic E-state index is 0.0570. The second-order valence-corrected chi connectivity index (χ2v) is 3.35.